The summed E-state index contributed by atoms with van der Waals surface area (Å²) in [6.07, 6.45) is 0. The van der Waals surface area contributed by atoms with Crippen LogP contribution in [-0.4, -0.2) is 14.2 Å². The summed E-state index contributed by atoms with van der Waals surface area (Å²) in [5.41, 5.74) is 5.15. The molecule has 0 aromatic heterocycles. The van der Waals surface area contributed by atoms with Gasteiger partial charge in [-0.05, 0) is 65.3 Å². The second-order valence-electron chi connectivity index (χ2n) is 7.85. The van der Waals surface area contributed by atoms with Crippen LogP contribution in [0.3, 0.4) is 0 Å². The van der Waals surface area contributed by atoms with E-state index in [4.69, 9.17) is 9.47 Å². The van der Waals surface area contributed by atoms with Crippen LogP contribution in [-0.2, 0) is 0 Å². The lowest BCUT2D eigenvalue weighted by molar-refractivity contribution is 0.404. The molecule has 2 heteroatoms. The van der Waals surface area contributed by atoms with Crippen molar-refractivity contribution >= 4 is 21.5 Å². The minimum atomic E-state index is 0.361. The molecule has 0 heterocycles. The molecule has 138 valence electrons. The second kappa shape index (κ2) is 6.83. The zero-order chi connectivity index (χ0) is 19.2. The smallest absolute Gasteiger partial charge is 0.130 e. The first-order chi connectivity index (χ1) is 12.3. The van der Waals surface area contributed by atoms with Gasteiger partial charge in [0.2, 0.25) is 0 Å². The van der Waals surface area contributed by atoms with Gasteiger partial charge in [-0.3, -0.25) is 0 Å². The summed E-state index contributed by atoms with van der Waals surface area (Å²) in [6.45, 7) is 13.3. The predicted octanol–water partition coefficient (Wildman–Crippen LogP) is 6.87. The highest BCUT2D eigenvalue weighted by molar-refractivity contribution is 6.10. The highest BCUT2D eigenvalue weighted by Crippen LogP contribution is 2.46. The maximum atomic E-state index is 5.92. The lowest BCUT2D eigenvalue weighted by atomic mass is 9.84. The average molecular weight is 351 g/mol. The molecular formula is C24H30O2. The number of benzene rings is 3. The Morgan fingerprint density at radius 3 is 1.92 bits per heavy atom. The van der Waals surface area contributed by atoms with E-state index in [0.29, 0.717) is 11.8 Å². The molecule has 0 spiro atoms. The largest absolute Gasteiger partial charge is 0.496 e. The van der Waals surface area contributed by atoms with E-state index in [9.17, 15) is 0 Å². The van der Waals surface area contributed by atoms with E-state index in [0.717, 1.165) is 16.9 Å². The molecule has 0 fully saturated rings. The highest BCUT2D eigenvalue weighted by Gasteiger charge is 2.22. The summed E-state index contributed by atoms with van der Waals surface area (Å²) in [4.78, 5) is 0. The number of rotatable bonds is 4. The number of methoxy groups -OCH3 is 2. The van der Waals surface area contributed by atoms with Crippen molar-refractivity contribution in [2.75, 3.05) is 14.2 Å². The first kappa shape index (κ1) is 18.6. The van der Waals surface area contributed by atoms with Gasteiger partial charge >= 0.3 is 0 Å². The van der Waals surface area contributed by atoms with Crippen LogP contribution in [0.15, 0.2) is 24.3 Å². The van der Waals surface area contributed by atoms with Crippen LogP contribution in [0.2, 0.25) is 0 Å². The van der Waals surface area contributed by atoms with Crippen molar-refractivity contribution in [3.05, 3.63) is 46.5 Å². The monoisotopic (exact) mass is 350 g/mol. The maximum absolute atomic E-state index is 5.92. The minimum Gasteiger partial charge on any atom is -0.496 e. The molecule has 3 rings (SSSR count). The third-order valence-corrected chi connectivity index (χ3v) is 5.43. The molecule has 0 atom stereocenters. The SMILES string of the molecule is COc1c(C(C)C)cc(OC)c2c(C(C)C)c3c(C)ccc(C)c3cc12. The van der Waals surface area contributed by atoms with Crippen LogP contribution in [0, 0.1) is 13.8 Å². The molecule has 0 saturated carbocycles. The van der Waals surface area contributed by atoms with Gasteiger partial charge in [-0.2, -0.15) is 0 Å². The van der Waals surface area contributed by atoms with Gasteiger partial charge in [0.05, 0.1) is 14.2 Å². The Hall–Kier alpha value is -2.22. The number of aryl methyl sites for hydroxylation is 2. The second-order valence-corrected chi connectivity index (χ2v) is 7.85. The van der Waals surface area contributed by atoms with Crippen molar-refractivity contribution in [2.24, 2.45) is 0 Å². The topological polar surface area (TPSA) is 18.5 Å². The first-order valence-electron chi connectivity index (χ1n) is 9.43. The lowest BCUT2D eigenvalue weighted by Gasteiger charge is -2.23. The molecule has 2 nitrogen and oxygen atoms in total. The fraction of sp³-hybridized carbons (Fsp3) is 0.417. The first-order valence-corrected chi connectivity index (χ1v) is 9.43. The number of hydrogen-bond acceptors (Lipinski definition) is 2. The lowest BCUT2D eigenvalue weighted by Crippen LogP contribution is -2.02. The van der Waals surface area contributed by atoms with E-state index < -0.39 is 0 Å². The molecule has 0 unspecified atom stereocenters. The zero-order valence-electron chi connectivity index (χ0n) is 17.3. The molecule has 0 radical (unpaired) electrons. The Balaban J connectivity index is 2.69. The van der Waals surface area contributed by atoms with Crippen molar-refractivity contribution < 1.29 is 9.47 Å². The van der Waals surface area contributed by atoms with Gasteiger partial charge in [-0.1, -0.05) is 39.8 Å². The molecule has 26 heavy (non-hydrogen) atoms. The van der Waals surface area contributed by atoms with E-state index in [1.54, 1.807) is 14.2 Å². The minimum absolute atomic E-state index is 0.361. The molecule has 0 N–H and O–H groups in total. The van der Waals surface area contributed by atoms with E-state index in [-0.39, 0.29) is 0 Å². The summed E-state index contributed by atoms with van der Waals surface area (Å²) < 4.78 is 11.8. The predicted molar refractivity (Wildman–Crippen MR) is 112 cm³/mol. The highest BCUT2D eigenvalue weighted by atomic mass is 16.5. The molecule has 0 amide bonds. The van der Waals surface area contributed by atoms with Gasteiger partial charge in [-0.15, -0.1) is 0 Å². The van der Waals surface area contributed by atoms with Crippen LogP contribution in [0.5, 0.6) is 11.5 Å². The Morgan fingerprint density at radius 2 is 1.38 bits per heavy atom. The fourth-order valence-corrected chi connectivity index (χ4v) is 4.14. The molecule has 0 aliphatic heterocycles. The van der Waals surface area contributed by atoms with Crippen molar-refractivity contribution in [2.45, 2.75) is 53.4 Å². The van der Waals surface area contributed by atoms with Crippen molar-refractivity contribution in [3.8, 4) is 11.5 Å². The molecule has 3 aromatic carbocycles. The molecule has 0 saturated heterocycles. The Kier molecular flexibility index (Phi) is 4.88. The summed E-state index contributed by atoms with van der Waals surface area (Å²) in [5, 5.41) is 5.00. The van der Waals surface area contributed by atoms with Gasteiger partial charge in [0, 0.05) is 16.3 Å². The summed E-state index contributed by atoms with van der Waals surface area (Å²) in [7, 11) is 3.54. The van der Waals surface area contributed by atoms with Gasteiger partial charge in [0.25, 0.3) is 0 Å². The summed E-state index contributed by atoms with van der Waals surface area (Å²) in [5.74, 6) is 2.65. The third kappa shape index (κ3) is 2.72. The van der Waals surface area contributed by atoms with E-state index in [1.807, 2.05) is 0 Å². The molecule has 3 aromatic rings. The Labute approximate surface area is 157 Å². The standard InChI is InChI=1S/C24H30O2/c1-13(2)17-12-20(25-7)23-19(24(17)26-8)11-18-15(5)9-10-16(6)22(18)21(23)14(3)4/h9-14H,1-8H3. The van der Waals surface area contributed by atoms with Crippen molar-refractivity contribution in [3.63, 3.8) is 0 Å². The van der Waals surface area contributed by atoms with Crippen LogP contribution in [0.25, 0.3) is 21.5 Å². The van der Waals surface area contributed by atoms with Crippen LogP contribution < -0.4 is 9.47 Å². The van der Waals surface area contributed by atoms with E-state index in [2.05, 4.69) is 65.8 Å². The average Bonchev–Trinajstić information content (AvgIpc) is 2.61. The Bertz CT molecular complexity index is 981. The normalized spacial score (nSPS) is 11.8. The molecule has 0 aliphatic rings. The van der Waals surface area contributed by atoms with Gasteiger partial charge in [0.1, 0.15) is 11.5 Å². The number of hydrogen-bond donors (Lipinski definition) is 0. The van der Waals surface area contributed by atoms with Crippen LogP contribution >= 0.6 is 0 Å². The quantitative estimate of drug-likeness (QED) is 0.478. The summed E-state index contributed by atoms with van der Waals surface area (Å²) >= 11 is 0. The molecular weight excluding hydrogens is 320 g/mol. The Morgan fingerprint density at radius 1 is 0.731 bits per heavy atom. The van der Waals surface area contributed by atoms with Crippen molar-refractivity contribution in [1.82, 2.24) is 0 Å². The molecule has 0 bridgehead atoms. The van der Waals surface area contributed by atoms with Crippen LogP contribution in [0.1, 0.15) is 61.8 Å². The number of fused-ring (bicyclic) bond motifs is 2. The van der Waals surface area contributed by atoms with Gasteiger partial charge < -0.3 is 9.47 Å². The van der Waals surface area contributed by atoms with Crippen molar-refractivity contribution in [1.29, 1.82) is 0 Å². The third-order valence-electron chi connectivity index (χ3n) is 5.43. The zero-order valence-corrected chi connectivity index (χ0v) is 17.3. The van der Waals surface area contributed by atoms with Gasteiger partial charge in [-0.25, -0.2) is 0 Å². The van der Waals surface area contributed by atoms with Gasteiger partial charge in [0.15, 0.2) is 0 Å². The number of ether oxygens (including phenoxy) is 2. The van der Waals surface area contributed by atoms with Crippen LogP contribution in [0.4, 0.5) is 0 Å². The van der Waals surface area contributed by atoms with E-state index >= 15 is 0 Å². The molecule has 0 aliphatic carbocycles. The fourth-order valence-electron chi connectivity index (χ4n) is 4.14. The van der Waals surface area contributed by atoms with E-state index in [1.165, 1.54) is 38.4 Å². The summed E-state index contributed by atoms with van der Waals surface area (Å²) in [6, 6.07) is 8.89. The maximum Gasteiger partial charge on any atom is 0.130 e.